The Labute approximate surface area is 203 Å². The van der Waals surface area contributed by atoms with Gasteiger partial charge in [-0.1, -0.05) is 60.7 Å². The number of carboxylic acid groups (broad SMARTS) is 1. The van der Waals surface area contributed by atoms with Crippen molar-refractivity contribution in [3.05, 3.63) is 71.8 Å². The van der Waals surface area contributed by atoms with E-state index in [0.717, 1.165) is 11.1 Å². The SMILES string of the molecule is O=C(N[C@@H]1C=CC[C@@H](C(=O)N2CC3CC2(C(=O)O)C3)C1)OCC1c2ccccc2-c2ccccc21. The molecule has 1 saturated carbocycles. The standard InChI is InChI=1S/C28H28N2O5/c31-25(30-15-17-13-28(30,14-17)26(32)33)18-6-5-7-19(12-18)29-27(34)35-16-24-22-10-3-1-8-20(22)21-9-2-4-11-23(21)24/h1-5,7-11,17-19,24H,6,12-16H2,(H,29,34)(H,32,33)/t17?,18-,19-,28?/m1/s1. The maximum absolute atomic E-state index is 13.2. The maximum atomic E-state index is 13.2. The fourth-order valence-corrected chi connectivity index (χ4v) is 6.48. The highest BCUT2D eigenvalue weighted by molar-refractivity contribution is 5.90. The van der Waals surface area contributed by atoms with Gasteiger partial charge in [-0.05, 0) is 53.9 Å². The molecular formula is C28H28N2O5. The zero-order chi connectivity index (χ0) is 24.2. The van der Waals surface area contributed by atoms with E-state index in [-0.39, 0.29) is 30.4 Å². The number of amides is 2. The summed E-state index contributed by atoms with van der Waals surface area (Å²) in [6, 6.07) is 16.0. The molecule has 0 unspecified atom stereocenters. The first-order valence-electron chi connectivity index (χ1n) is 12.3. The van der Waals surface area contributed by atoms with Crippen LogP contribution < -0.4 is 5.32 Å². The Morgan fingerprint density at radius 2 is 1.69 bits per heavy atom. The molecule has 2 N–H and O–H groups in total. The normalized spacial score (nSPS) is 28.1. The molecule has 0 aromatic heterocycles. The summed E-state index contributed by atoms with van der Waals surface area (Å²) < 4.78 is 5.65. The van der Waals surface area contributed by atoms with E-state index < -0.39 is 17.6 Å². The van der Waals surface area contributed by atoms with Crippen molar-refractivity contribution in [2.45, 2.75) is 43.2 Å². The average Bonchev–Trinajstić information content (AvgIpc) is 3.51. The third-order valence-corrected chi connectivity index (χ3v) is 8.20. The van der Waals surface area contributed by atoms with E-state index in [4.69, 9.17) is 4.74 Å². The highest BCUT2D eigenvalue weighted by atomic mass is 16.5. The number of nitrogens with zero attached hydrogens (tertiary/aromatic N) is 1. The summed E-state index contributed by atoms with van der Waals surface area (Å²) in [6.07, 6.45) is 5.38. The minimum atomic E-state index is -1.02. The number of aliphatic carboxylic acids is 1. The summed E-state index contributed by atoms with van der Waals surface area (Å²) in [5.74, 6) is -1.08. The molecule has 7 rings (SSSR count). The summed E-state index contributed by atoms with van der Waals surface area (Å²) in [7, 11) is 0. The molecule has 5 aliphatic rings. The minimum absolute atomic E-state index is 0.0155. The van der Waals surface area contributed by atoms with Crippen molar-refractivity contribution >= 4 is 18.0 Å². The van der Waals surface area contributed by atoms with Crippen LogP contribution in [0.5, 0.6) is 0 Å². The number of carbonyl (C=O) groups is 3. The second kappa shape index (κ2) is 8.26. The van der Waals surface area contributed by atoms with Gasteiger partial charge in [-0.2, -0.15) is 0 Å². The van der Waals surface area contributed by atoms with Gasteiger partial charge in [0.05, 0.1) is 6.04 Å². The van der Waals surface area contributed by atoms with Crippen LogP contribution in [0.1, 0.15) is 42.7 Å². The van der Waals surface area contributed by atoms with E-state index in [1.165, 1.54) is 11.1 Å². The van der Waals surface area contributed by atoms with Crippen LogP contribution in [0.15, 0.2) is 60.7 Å². The van der Waals surface area contributed by atoms with Crippen LogP contribution in [0.3, 0.4) is 0 Å². The Kier molecular flexibility index (Phi) is 5.16. The third kappa shape index (κ3) is 3.52. The van der Waals surface area contributed by atoms with Crippen molar-refractivity contribution in [3.63, 3.8) is 0 Å². The Hall–Kier alpha value is -3.61. The Morgan fingerprint density at radius 3 is 2.34 bits per heavy atom. The van der Waals surface area contributed by atoms with Crippen molar-refractivity contribution in [2.24, 2.45) is 11.8 Å². The van der Waals surface area contributed by atoms with Crippen molar-refractivity contribution in [2.75, 3.05) is 13.2 Å². The number of fused-ring (bicyclic) bond motifs is 4. The molecule has 2 aromatic carbocycles. The first-order chi connectivity index (χ1) is 17.0. The van der Waals surface area contributed by atoms with Crippen molar-refractivity contribution in [3.8, 4) is 11.1 Å². The quantitative estimate of drug-likeness (QED) is 0.643. The van der Waals surface area contributed by atoms with Crippen molar-refractivity contribution in [1.82, 2.24) is 10.2 Å². The Morgan fingerprint density at radius 1 is 1.03 bits per heavy atom. The van der Waals surface area contributed by atoms with Crippen LogP contribution in [0.4, 0.5) is 4.79 Å². The monoisotopic (exact) mass is 472 g/mol. The molecule has 2 heterocycles. The molecule has 2 aliphatic heterocycles. The Balaban J connectivity index is 1.08. The van der Waals surface area contributed by atoms with Gasteiger partial charge < -0.3 is 20.1 Å². The number of hydrogen-bond donors (Lipinski definition) is 2. The molecule has 0 radical (unpaired) electrons. The average molecular weight is 473 g/mol. The molecule has 0 spiro atoms. The molecule has 3 fully saturated rings. The number of alkyl carbamates (subject to hydrolysis) is 1. The highest BCUT2D eigenvalue weighted by Gasteiger charge is 2.63. The minimum Gasteiger partial charge on any atom is -0.479 e. The summed E-state index contributed by atoms with van der Waals surface area (Å²) in [6.45, 7) is 0.755. The van der Waals surface area contributed by atoms with Crippen molar-refractivity contribution in [1.29, 1.82) is 0 Å². The third-order valence-electron chi connectivity index (χ3n) is 8.20. The fourth-order valence-electron chi connectivity index (χ4n) is 6.48. The first kappa shape index (κ1) is 21.9. The second-order valence-corrected chi connectivity index (χ2v) is 10.2. The molecule has 2 amide bonds. The van der Waals surface area contributed by atoms with Gasteiger partial charge >= 0.3 is 12.1 Å². The molecule has 2 saturated heterocycles. The lowest BCUT2D eigenvalue weighted by Crippen LogP contribution is -2.56. The highest BCUT2D eigenvalue weighted by Crippen LogP contribution is 2.51. The maximum Gasteiger partial charge on any atom is 0.407 e. The van der Waals surface area contributed by atoms with E-state index in [1.807, 2.05) is 36.4 Å². The lowest BCUT2D eigenvalue weighted by Gasteiger charge is -2.39. The molecule has 2 bridgehead atoms. The molecular weight excluding hydrogens is 444 g/mol. The van der Waals surface area contributed by atoms with E-state index in [1.54, 1.807) is 4.90 Å². The molecule has 180 valence electrons. The van der Waals surface area contributed by atoms with Gasteiger partial charge in [0.15, 0.2) is 0 Å². The van der Waals surface area contributed by atoms with Crippen LogP contribution in [-0.2, 0) is 14.3 Å². The second-order valence-electron chi connectivity index (χ2n) is 10.2. The first-order valence-corrected chi connectivity index (χ1v) is 12.3. The summed E-state index contributed by atoms with van der Waals surface area (Å²) in [4.78, 5) is 39.3. The predicted octanol–water partition coefficient (Wildman–Crippen LogP) is 3.94. The van der Waals surface area contributed by atoms with Gasteiger partial charge in [-0.25, -0.2) is 9.59 Å². The molecule has 35 heavy (non-hydrogen) atoms. The zero-order valence-corrected chi connectivity index (χ0v) is 19.4. The smallest absolute Gasteiger partial charge is 0.407 e. The number of carbonyl (C=O) groups excluding carboxylic acids is 2. The lowest BCUT2D eigenvalue weighted by molar-refractivity contribution is -0.160. The fraction of sp³-hybridized carbons (Fsp3) is 0.393. The van der Waals surface area contributed by atoms with Gasteiger partial charge in [0.2, 0.25) is 5.91 Å². The zero-order valence-electron chi connectivity index (χ0n) is 19.4. The van der Waals surface area contributed by atoms with Crippen LogP contribution in [-0.4, -0.2) is 52.7 Å². The summed E-state index contributed by atoms with van der Waals surface area (Å²) in [5, 5.41) is 12.6. The summed E-state index contributed by atoms with van der Waals surface area (Å²) in [5.41, 5.74) is 3.64. The van der Waals surface area contributed by atoms with Gasteiger partial charge in [0.25, 0.3) is 0 Å². The van der Waals surface area contributed by atoms with E-state index >= 15 is 0 Å². The summed E-state index contributed by atoms with van der Waals surface area (Å²) >= 11 is 0. The topological polar surface area (TPSA) is 95.9 Å². The number of ether oxygens (including phenoxy) is 1. The van der Waals surface area contributed by atoms with Gasteiger partial charge in [0.1, 0.15) is 12.1 Å². The largest absolute Gasteiger partial charge is 0.479 e. The Bertz CT molecular complexity index is 1190. The van der Waals surface area contributed by atoms with Gasteiger partial charge in [-0.3, -0.25) is 4.79 Å². The van der Waals surface area contributed by atoms with Crippen molar-refractivity contribution < 1.29 is 24.2 Å². The van der Waals surface area contributed by atoms with E-state index in [0.29, 0.717) is 38.1 Å². The molecule has 7 nitrogen and oxygen atoms in total. The number of hydrogen-bond acceptors (Lipinski definition) is 4. The molecule has 2 atom stereocenters. The van der Waals surface area contributed by atoms with Crippen LogP contribution in [0.25, 0.3) is 11.1 Å². The number of nitrogens with one attached hydrogen (secondary N) is 1. The van der Waals surface area contributed by atoms with E-state index in [2.05, 4.69) is 29.6 Å². The van der Waals surface area contributed by atoms with Gasteiger partial charge in [-0.15, -0.1) is 0 Å². The van der Waals surface area contributed by atoms with Gasteiger partial charge in [0, 0.05) is 18.4 Å². The molecule has 3 aliphatic carbocycles. The van der Waals surface area contributed by atoms with Crippen LogP contribution >= 0.6 is 0 Å². The van der Waals surface area contributed by atoms with Crippen LogP contribution in [0.2, 0.25) is 0 Å². The predicted molar refractivity (Wildman–Crippen MR) is 129 cm³/mol. The number of rotatable bonds is 5. The van der Waals surface area contributed by atoms with Crippen LogP contribution in [0, 0.1) is 11.8 Å². The number of benzene rings is 2. The van der Waals surface area contributed by atoms with E-state index in [9.17, 15) is 19.5 Å². The number of carboxylic acids is 1. The molecule has 2 aromatic rings. The molecule has 7 heteroatoms. The number of allylic oxidation sites excluding steroid dienone is 1. The lowest BCUT2D eigenvalue weighted by atomic mass is 9.73.